The minimum absolute atomic E-state index is 0.399. The Morgan fingerprint density at radius 2 is 1.82 bits per heavy atom. The first kappa shape index (κ1) is 6.86. The van der Waals surface area contributed by atoms with E-state index in [1.807, 2.05) is 0 Å². The standard InChI is InChI=1S/C10H12O/c1-7-4-3-5-8(2)10(7)9-6-11-9/h3-5,9H,6H2,1-2H3/t9-/m0/s1. The molecule has 1 aromatic rings. The highest BCUT2D eigenvalue weighted by molar-refractivity contribution is 5.36. The van der Waals surface area contributed by atoms with Gasteiger partial charge in [-0.2, -0.15) is 0 Å². The van der Waals surface area contributed by atoms with Crippen LogP contribution >= 0.6 is 0 Å². The summed E-state index contributed by atoms with van der Waals surface area (Å²) < 4.78 is 5.26. The molecule has 0 aromatic heterocycles. The highest BCUT2D eigenvalue weighted by atomic mass is 16.6. The topological polar surface area (TPSA) is 12.5 Å². The Balaban J connectivity index is 2.48. The highest BCUT2D eigenvalue weighted by Gasteiger charge is 2.27. The molecular weight excluding hydrogens is 136 g/mol. The third kappa shape index (κ3) is 1.16. The zero-order valence-electron chi connectivity index (χ0n) is 6.92. The first-order chi connectivity index (χ1) is 5.29. The normalized spacial score (nSPS) is 21.8. The number of aryl methyl sites for hydroxylation is 2. The van der Waals surface area contributed by atoms with Crippen molar-refractivity contribution < 1.29 is 4.74 Å². The van der Waals surface area contributed by atoms with Crippen molar-refractivity contribution in [1.29, 1.82) is 0 Å². The molecule has 2 rings (SSSR count). The molecule has 1 atom stereocenters. The van der Waals surface area contributed by atoms with Gasteiger partial charge in [-0.25, -0.2) is 0 Å². The number of ether oxygens (including phenoxy) is 1. The Bertz CT molecular complexity index is 254. The Hall–Kier alpha value is -0.820. The fourth-order valence-electron chi connectivity index (χ4n) is 1.55. The van der Waals surface area contributed by atoms with Gasteiger partial charge in [0.25, 0.3) is 0 Å². The zero-order chi connectivity index (χ0) is 7.84. The molecule has 0 unspecified atom stereocenters. The summed E-state index contributed by atoms with van der Waals surface area (Å²) in [7, 11) is 0. The Morgan fingerprint density at radius 1 is 1.27 bits per heavy atom. The summed E-state index contributed by atoms with van der Waals surface area (Å²) in [6.07, 6.45) is 0.399. The lowest BCUT2D eigenvalue weighted by Gasteiger charge is -2.04. The minimum Gasteiger partial charge on any atom is -0.368 e. The fourth-order valence-corrected chi connectivity index (χ4v) is 1.55. The largest absolute Gasteiger partial charge is 0.368 e. The van der Waals surface area contributed by atoms with Crippen molar-refractivity contribution in [2.75, 3.05) is 6.61 Å². The van der Waals surface area contributed by atoms with Crippen molar-refractivity contribution in [3.05, 3.63) is 34.9 Å². The van der Waals surface area contributed by atoms with Gasteiger partial charge in [0, 0.05) is 0 Å². The van der Waals surface area contributed by atoms with Gasteiger partial charge in [0.05, 0.1) is 6.61 Å². The lowest BCUT2D eigenvalue weighted by Crippen LogP contribution is -1.90. The number of hydrogen-bond donors (Lipinski definition) is 0. The molecule has 1 aromatic carbocycles. The van der Waals surface area contributed by atoms with Crippen LogP contribution in [0, 0.1) is 13.8 Å². The minimum atomic E-state index is 0.399. The predicted molar refractivity (Wildman–Crippen MR) is 44.6 cm³/mol. The molecule has 0 bridgehead atoms. The number of benzene rings is 1. The molecular formula is C10H12O. The van der Waals surface area contributed by atoms with Gasteiger partial charge >= 0.3 is 0 Å². The smallest absolute Gasteiger partial charge is 0.106 e. The van der Waals surface area contributed by atoms with Gasteiger partial charge in [-0.1, -0.05) is 18.2 Å². The van der Waals surface area contributed by atoms with Gasteiger partial charge in [0.1, 0.15) is 6.10 Å². The summed E-state index contributed by atoms with van der Waals surface area (Å²) in [4.78, 5) is 0. The fraction of sp³-hybridized carbons (Fsp3) is 0.400. The molecule has 1 heterocycles. The second-order valence-corrected chi connectivity index (χ2v) is 3.13. The summed E-state index contributed by atoms with van der Waals surface area (Å²) in [5.41, 5.74) is 4.10. The van der Waals surface area contributed by atoms with Gasteiger partial charge in [0.2, 0.25) is 0 Å². The molecule has 1 fully saturated rings. The molecule has 1 saturated heterocycles. The molecule has 1 nitrogen and oxygen atoms in total. The van der Waals surface area contributed by atoms with Crippen LogP contribution in [0.15, 0.2) is 18.2 Å². The summed E-state index contributed by atoms with van der Waals surface area (Å²) in [5.74, 6) is 0. The molecule has 0 N–H and O–H groups in total. The molecule has 1 aliphatic heterocycles. The average Bonchev–Trinajstić information content (AvgIpc) is 2.70. The monoisotopic (exact) mass is 148 g/mol. The van der Waals surface area contributed by atoms with E-state index < -0.39 is 0 Å². The number of epoxide rings is 1. The third-order valence-electron chi connectivity index (χ3n) is 2.20. The van der Waals surface area contributed by atoms with Crippen LogP contribution in [-0.4, -0.2) is 6.61 Å². The van der Waals surface area contributed by atoms with Crippen LogP contribution in [0.5, 0.6) is 0 Å². The summed E-state index contributed by atoms with van der Waals surface area (Å²) in [6, 6.07) is 6.38. The molecule has 1 aliphatic rings. The zero-order valence-corrected chi connectivity index (χ0v) is 6.92. The van der Waals surface area contributed by atoms with Crippen molar-refractivity contribution in [1.82, 2.24) is 0 Å². The van der Waals surface area contributed by atoms with Gasteiger partial charge in [-0.3, -0.25) is 0 Å². The Morgan fingerprint density at radius 3 is 2.27 bits per heavy atom. The van der Waals surface area contributed by atoms with Crippen LogP contribution in [0.3, 0.4) is 0 Å². The maximum atomic E-state index is 5.26. The van der Waals surface area contributed by atoms with E-state index in [-0.39, 0.29) is 0 Å². The van der Waals surface area contributed by atoms with Crippen LogP contribution in [0.2, 0.25) is 0 Å². The molecule has 58 valence electrons. The lowest BCUT2D eigenvalue weighted by molar-refractivity contribution is 0.414. The van der Waals surface area contributed by atoms with Crippen LogP contribution in [0.1, 0.15) is 22.8 Å². The average molecular weight is 148 g/mol. The molecule has 0 amide bonds. The molecule has 1 heteroatoms. The second kappa shape index (κ2) is 2.35. The first-order valence-corrected chi connectivity index (χ1v) is 3.97. The Kier molecular flexibility index (Phi) is 1.46. The molecule has 0 spiro atoms. The van der Waals surface area contributed by atoms with E-state index >= 15 is 0 Å². The van der Waals surface area contributed by atoms with E-state index in [9.17, 15) is 0 Å². The predicted octanol–water partition coefficient (Wildman–Crippen LogP) is 2.37. The van der Waals surface area contributed by atoms with E-state index in [0.717, 1.165) is 6.61 Å². The first-order valence-electron chi connectivity index (χ1n) is 3.97. The SMILES string of the molecule is Cc1cccc(C)c1[C@@H]1CO1. The Labute approximate surface area is 67.0 Å². The van der Waals surface area contributed by atoms with Gasteiger partial charge < -0.3 is 4.74 Å². The van der Waals surface area contributed by atoms with Crippen LogP contribution < -0.4 is 0 Å². The van der Waals surface area contributed by atoms with Crippen LogP contribution in [0.25, 0.3) is 0 Å². The van der Waals surface area contributed by atoms with Crippen molar-refractivity contribution in [2.24, 2.45) is 0 Å². The maximum Gasteiger partial charge on any atom is 0.106 e. The third-order valence-corrected chi connectivity index (χ3v) is 2.20. The summed E-state index contributed by atoms with van der Waals surface area (Å²) in [6.45, 7) is 5.19. The van der Waals surface area contributed by atoms with Crippen molar-refractivity contribution in [3.8, 4) is 0 Å². The molecule has 0 radical (unpaired) electrons. The number of hydrogen-bond acceptors (Lipinski definition) is 1. The van der Waals surface area contributed by atoms with E-state index in [0.29, 0.717) is 6.10 Å². The van der Waals surface area contributed by atoms with E-state index in [1.165, 1.54) is 16.7 Å². The molecule has 0 saturated carbocycles. The van der Waals surface area contributed by atoms with Crippen molar-refractivity contribution in [2.45, 2.75) is 20.0 Å². The quantitative estimate of drug-likeness (QED) is 0.557. The van der Waals surface area contributed by atoms with Crippen molar-refractivity contribution in [3.63, 3.8) is 0 Å². The highest BCUT2D eigenvalue weighted by Crippen LogP contribution is 2.33. The summed E-state index contributed by atoms with van der Waals surface area (Å²) in [5, 5.41) is 0. The molecule has 0 aliphatic carbocycles. The van der Waals surface area contributed by atoms with Gasteiger partial charge in [0.15, 0.2) is 0 Å². The van der Waals surface area contributed by atoms with E-state index in [2.05, 4.69) is 32.0 Å². The van der Waals surface area contributed by atoms with Gasteiger partial charge in [-0.15, -0.1) is 0 Å². The second-order valence-electron chi connectivity index (χ2n) is 3.13. The van der Waals surface area contributed by atoms with Crippen molar-refractivity contribution >= 4 is 0 Å². The van der Waals surface area contributed by atoms with E-state index in [4.69, 9.17) is 4.74 Å². The van der Waals surface area contributed by atoms with E-state index in [1.54, 1.807) is 0 Å². The lowest BCUT2D eigenvalue weighted by atomic mass is 10.0. The number of rotatable bonds is 1. The van der Waals surface area contributed by atoms with Gasteiger partial charge in [-0.05, 0) is 30.5 Å². The molecule has 11 heavy (non-hydrogen) atoms. The summed E-state index contributed by atoms with van der Waals surface area (Å²) >= 11 is 0. The van der Waals surface area contributed by atoms with Crippen LogP contribution in [0.4, 0.5) is 0 Å². The maximum absolute atomic E-state index is 5.26. The van der Waals surface area contributed by atoms with Crippen LogP contribution in [-0.2, 0) is 4.74 Å².